The summed E-state index contributed by atoms with van der Waals surface area (Å²) in [6.45, 7) is 5.88. The molecule has 0 fully saturated rings. The minimum absolute atomic E-state index is 0.0182. The van der Waals surface area contributed by atoms with Crippen LogP contribution < -0.4 is 0 Å². The van der Waals surface area contributed by atoms with Crippen molar-refractivity contribution in [2.75, 3.05) is 6.61 Å². The first-order chi connectivity index (χ1) is 9.06. The van der Waals surface area contributed by atoms with E-state index in [9.17, 15) is 4.79 Å². The van der Waals surface area contributed by atoms with E-state index in [1.54, 1.807) is 19.1 Å². The van der Waals surface area contributed by atoms with E-state index in [0.29, 0.717) is 18.0 Å². The van der Waals surface area contributed by atoms with Crippen LogP contribution in [0.2, 0.25) is 0 Å². The first-order valence-corrected chi connectivity index (χ1v) is 5.87. The van der Waals surface area contributed by atoms with Gasteiger partial charge in [-0.15, -0.1) is 0 Å². The molecule has 2 aromatic heterocycles. The van der Waals surface area contributed by atoms with Crippen molar-refractivity contribution in [1.82, 2.24) is 20.4 Å². The third-order valence-corrected chi connectivity index (χ3v) is 2.11. The van der Waals surface area contributed by atoms with Crippen molar-refractivity contribution in [2.45, 2.75) is 27.4 Å². The van der Waals surface area contributed by atoms with Gasteiger partial charge in [-0.25, -0.2) is 4.79 Å². The zero-order valence-corrected chi connectivity index (χ0v) is 11.2. The number of aliphatic hydroxyl groups excluding tert-OH is 1. The second kappa shape index (κ2) is 7.32. The van der Waals surface area contributed by atoms with E-state index in [1.165, 1.54) is 0 Å². The lowest BCUT2D eigenvalue weighted by Gasteiger charge is -1.94. The highest BCUT2D eigenvalue weighted by Crippen LogP contribution is 1.99. The van der Waals surface area contributed by atoms with Crippen molar-refractivity contribution in [1.29, 1.82) is 0 Å². The second-order valence-corrected chi connectivity index (χ2v) is 3.86. The highest BCUT2D eigenvalue weighted by molar-refractivity contribution is 5.87. The Bertz CT molecular complexity index is 519. The summed E-state index contributed by atoms with van der Waals surface area (Å²) in [6, 6.07) is 3.46. The number of rotatable bonds is 3. The molecule has 0 aliphatic carbocycles. The molecule has 0 bridgehead atoms. The molecule has 0 aromatic carbocycles. The minimum atomic E-state index is -0.378. The number of aryl methyl sites for hydroxylation is 2. The van der Waals surface area contributed by atoms with Crippen LogP contribution in [-0.4, -0.2) is 38.1 Å². The Morgan fingerprint density at radius 2 is 1.89 bits per heavy atom. The summed E-state index contributed by atoms with van der Waals surface area (Å²) in [5.41, 5.74) is 2.87. The lowest BCUT2D eigenvalue weighted by molar-refractivity contribution is 0.0519. The molecule has 0 radical (unpaired) electrons. The van der Waals surface area contributed by atoms with Gasteiger partial charge in [-0.3, -0.25) is 10.2 Å². The number of carbonyl (C=O) groups is 1. The zero-order chi connectivity index (χ0) is 14.3. The molecule has 0 aliphatic rings. The molecule has 7 nitrogen and oxygen atoms in total. The molecule has 3 N–H and O–H groups in total. The number of nitrogens with zero attached hydrogens (tertiary/aromatic N) is 2. The Morgan fingerprint density at radius 3 is 2.26 bits per heavy atom. The third-order valence-electron chi connectivity index (χ3n) is 2.11. The predicted molar refractivity (Wildman–Crippen MR) is 68.5 cm³/mol. The maximum atomic E-state index is 11.0. The van der Waals surface area contributed by atoms with Gasteiger partial charge in [0.2, 0.25) is 0 Å². The molecule has 2 rings (SSSR count). The SMILES string of the molecule is CCOC(=O)c1cc(C)[nH]n1.Cc1cc(CO)n[nH]1. The molecule has 0 spiro atoms. The van der Waals surface area contributed by atoms with Crippen LogP contribution in [0.1, 0.15) is 34.5 Å². The van der Waals surface area contributed by atoms with Gasteiger partial charge in [-0.1, -0.05) is 0 Å². The zero-order valence-electron chi connectivity index (χ0n) is 11.2. The fourth-order valence-corrected chi connectivity index (χ4v) is 1.28. The summed E-state index contributed by atoms with van der Waals surface area (Å²) >= 11 is 0. The maximum absolute atomic E-state index is 11.0. The topological polar surface area (TPSA) is 104 Å². The standard InChI is InChI=1S/C7H10N2O2.C5H8N2O/c1-3-11-7(10)6-4-5(2)8-9-6;1-4-2-5(3-8)7-6-4/h4H,3H2,1-2H3,(H,8,9);2,8H,3H2,1H3,(H,6,7). The van der Waals surface area contributed by atoms with Crippen LogP contribution in [0.3, 0.4) is 0 Å². The van der Waals surface area contributed by atoms with Crippen LogP contribution in [0.4, 0.5) is 0 Å². The van der Waals surface area contributed by atoms with E-state index in [4.69, 9.17) is 9.84 Å². The fraction of sp³-hybridized carbons (Fsp3) is 0.417. The van der Waals surface area contributed by atoms with Crippen molar-refractivity contribution in [3.05, 3.63) is 34.9 Å². The first-order valence-electron chi connectivity index (χ1n) is 5.87. The van der Waals surface area contributed by atoms with Crippen molar-refractivity contribution in [2.24, 2.45) is 0 Å². The molecule has 2 aromatic rings. The number of aromatic amines is 2. The fourth-order valence-electron chi connectivity index (χ4n) is 1.28. The van der Waals surface area contributed by atoms with Crippen molar-refractivity contribution >= 4 is 5.97 Å². The highest BCUT2D eigenvalue weighted by Gasteiger charge is 2.08. The van der Waals surface area contributed by atoms with Crippen molar-refractivity contribution in [3.8, 4) is 0 Å². The largest absolute Gasteiger partial charge is 0.461 e. The minimum Gasteiger partial charge on any atom is -0.461 e. The van der Waals surface area contributed by atoms with Crippen LogP contribution >= 0.6 is 0 Å². The molecule has 0 amide bonds. The van der Waals surface area contributed by atoms with Gasteiger partial charge in [0.05, 0.1) is 18.9 Å². The number of H-pyrrole nitrogens is 2. The van der Waals surface area contributed by atoms with Gasteiger partial charge in [-0.05, 0) is 32.9 Å². The summed E-state index contributed by atoms with van der Waals surface area (Å²) in [5, 5.41) is 21.3. The van der Waals surface area contributed by atoms with Gasteiger partial charge < -0.3 is 9.84 Å². The van der Waals surface area contributed by atoms with E-state index in [0.717, 1.165) is 11.4 Å². The number of esters is 1. The molecule has 0 aliphatic heterocycles. The van der Waals surface area contributed by atoms with E-state index >= 15 is 0 Å². The Morgan fingerprint density at radius 1 is 1.26 bits per heavy atom. The van der Waals surface area contributed by atoms with Gasteiger partial charge in [-0.2, -0.15) is 10.2 Å². The molecular formula is C12H18N4O3. The average molecular weight is 266 g/mol. The van der Waals surface area contributed by atoms with Crippen molar-refractivity contribution < 1.29 is 14.6 Å². The van der Waals surface area contributed by atoms with Crippen LogP contribution in [0.25, 0.3) is 0 Å². The Balaban J connectivity index is 0.000000200. The summed E-state index contributed by atoms with van der Waals surface area (Å²) in [6.07, 6.45) is 0. The number of aromatic nitrogens is 4. The molecule has 0 saturated heterocycles. The monoisotopic (exact) mass is 266 g/mol. The van der Waals surface area contributed by atoms with E-state index in [-0.39, 0.29) is 12.6 Å². The number of hydrogen-bond donors (Lipinski definition) is 3. The van der Waals surface area contributed by atoms with E-state index in [1.807, 2.05) is 13.8 Å². The summed E-state index contributed by atoms with van der Waals surface area (Å²) in [4.78, 5) is 11.0. The molecule has 19 heavy (non-hydrogen) atoms. The second-order valence-electron chi connectivity index (χ2n) is 3.86. The Labute approximate surface area is 111 Å². The summed E-state index contributed by atoms with van der Waals surface area (Å²) in [7, 11) is 0. The first kappa shape index (κ1) is 14.9. The lowest BCUT2D eigenvalue weighted by atomic mass is 10.4. The molecule has 2 heterocycles. The molecular weight excluding hydrogens is 248 g/mol. The number of ether oxygens (including phenoxy) is 1. The number of aliphatic hydroxyl groups is 1. The Hall–Kier alpha value is -2.15. The molecule has 7 heteroatoms. The van der Waals surface area contributed by atoms with Gasteiger partial charge in [0.1, 0.15) is 0 Å². The summed E-state index contributed by atoms with van der Waals surface area (Å²) in [5.74, 6) is -0.378. The maximum Gasteiger partial charge on any atom is 0.358 e. The lowest BCUT2D eigenvalue weighted by Crippen LogP contribution is -2.04. The quantitative estimate of drug-likeness (QED) is 0.722. The average Bonchev–Trinajstić information content (AvgIpc) is 2.99. The van der Waals surface area contributed by atoms with E-state index in [2.05, 4.69) is 20.4 Å². The normalized spacial score (nSPS) is 9.68. The molecule has 0 atom stereocenters. The third kappa shape index (κ3) is 4.92. The molecule has 0 unspecified atom stereocenters. The van der Waals surface area contributed by atoms with Crippen LogP contribution in [0.15, 0.2) is 12.1 Å². The number of carbonyl (C=O) groups excluding carboxylic acids is 1. The number of nitrogens with one attached hydrogen (secondary N) is 2. The van der Waals surface area contributed by atoms with Crippen LogP contribution in [0.5, 0.6) is 0 Å². The van der Waals surface area contributed by atoms with Gasteiger partial charge in [0, 0.05) is 11.4 Å². The number of hydrogen-bond acceptors (Lipinski definition) is 5. The smallest absolute Gasteiger partial charge is 0.358 e. The van der Waals surface area contributed by atoms with Crippen LogP contribution in [-0.2, 0) is 11.3 Å². The van der Waals surface area contributed by atoms with Gasteiger partial charge in [0.15, 0.2) is 5.69 Å². The molecule has 104 valence electrons. The van der Waals surface area contributed by atoms with Crippen molar-refractivity contribution in [3.63, 3.8) is 0 Å². The Kier molecular flexibility index (Phi) is 5.74. The summed E-state index contributed by atoms with van der Waals surface area (Å²) < 4.78 is 4.72. The highest BCUT2D eigenvalue weighted by atomic mass is 16.5. The predicted octanol–water partition coefficient (Wildman–Crippen LogP) is 1.11. The van der Waals surface area contributed by atoms with E-state index < -0.39 is 0 Å². The van der Waals surface area contributed by atoms with Gasteiger partial charge >= 0.3 is 5.97 Å². The molecule has 0 saturated carbocycles. The van der Waals surface area contributed by atoms with Crippen LogP contribution in [0, 0.1) is 13.8 Å². The van der Waals surface area contributed by atoms with Gasteiger partial charge in [0.25, 0.3) is 0 Å².